The Bertz CT molecular complexity index is 1500. The first kappa shape index (κ1) is 26.3. The van der Waals surface area contributed by atoms with E-state index in [-0.39, 0.29) is 23.0 Å². The van der Waals surface area contributed by atoms with E-state index in [0.29, 0.717) is 28.9 Å². The third-order valence-electron chi connectivity index (χ3n) is 6.60. The van der Waals surface area contributed by atoms with Crippen LogP contribution in [-0.4, -0.2) is 61.6 Å². The second-order valence-electron chi connectivity index (χ2n) is 9.24. The zero-order valence-electron chi connectivity index (χ0n) is 20.6. The van der Waals surface area contributed by atoms with E-state index in [2.05, 4.69) is 31.6 Å². The van der Waals surface area contributed by atoms with Gasteiger partial charge in [-0.25, -0.2) is 27.2 Å². The summed E-state index contributed by atoms with van der Waals surface area (Å²) in [6.45, 7) is 1.88. The maximum atomic E-state index is 14.2. The maximum Gasteiger partial charge on any atom is 0.264 e. The topological polar surface area (TPSA) is 101 Å². The lowest BCUT2D eigenvalue weighted by atomic mass is 10.0. The summed E-state index contributed by atoms with van der Waals surface area (Å²) >= 11 is 6.19. The van der Waals surface area contributed by atoms with E-state index in [1.54, 1.807) is 0 Å². The minimum absolute atomic E-state index is 0.0352. The molecule has 2 aliphatic rings. The molecule has 1 aromatic carbocycles. The van der Waals surface area contributed by atoms with Gasteiger partial charge in [0.05, 0.1) is 17.4 Å². The minimum atomic E-state index is -4.41. The van der Waals surface area contributed by atoms with Crippen molar-refractivity contribution >= 4 is 39.1 Å². The fourth-order valence-corrected chi connectivity index (χ4v) is 5.88. The fraction of sp³-hybridized carbons (Fsp3) is 0.320. The Labute approximate surface area is 224 Å². The lowest BCUT2D eigenvalue weighted by Crippen LogP contribution is -2.36. The Kier molecular flexibility index (Phi) is 7.21. The molecular weight excluding hydrogens is 538 g/mol. The zero-order valence-corrected chi connectivity index (χ0v) is 22.2. The molecule has 0 radical (unpaired) electrons. The van der Waals surface area contributed by atoms with Crippen LogP contribution in [0.15, 0.2) is 47.8 Å². The number of likely N-dealkylation sites (N-methyl/N-ethyl adjacent to an activating group) is 1. The van der Waals surface area contributed by atoms with Crippen molar-refractivity contribution < 1.29 is 21.9 Å². The molecule has 3 aromatic rings. The van der Waals surface area contributed by atoms with Gasteiger partial charge in [-0.1, -0.05) is 17.7 Å². The Hall–Kier alpha value is -3.35. The van der Waals surface area contributed by atoms with Crippen molar-refractivity contribution in [1.29, 1.82) is 0 Å². The number of likely N-dealkylation sites (tertiary alicyclic amines) is 1. The third-order valence-corrected chi connectivity index (χ3v) is 8.30. The molecule has 13 heteroatoms. The van der Waals surface area contributed by atoms with Gasteiger partial charge in [0.2, 0.25) is 5.88 Å². The molecular formula is C25H25ClF2N6O3S. The summed E-state index contributed by atoms with van der Waals surface area (Å²) in [6, 6.07) is 3.34. The zero-order chi connectivity index (χ0) is 27.0. The number of nitrogens with one attached hydrogen (secondary N) is 1. The van der Waals surface area contributed by atoms with Crippen molar-refractivity contribution in [2.24, 2.45) is 0 Å². The van der Waals surface area contributed by atoms with Gasteiger partial charge >= 0.3 is 0 Å². The van der Waals surface area contributed by atoms with Gasteiger partial charge in [0.15, 0.2) is 5.15 Å². The van der Waals surface area contributed by atoms with Crippen LogP contribution in [0.5, 0.6) is 5.88 Å². The van der Waals surface area contributed by atoms with Crippen LogP contribution in [0.4, 0.5) is 20.2 Å². The van der Waals surface area contributed by atoms with Crippen molar-refractivity contribution in [3.63, 3.8) is 0 Å². The van der Waals surface area contributed by atoms with Gasteiger partial charge in [0.1, 0.15) is 34.6 Å². The van der Waals surface area contributed by atoms with Crippen molar-refractivity contribution in [3.8, 4) is 5.88 Å². The van der Waals surface area contributed by atoms with Gasteiger partial charge in [-0.05, 0) is 49.7 Å². The first-order valence-corrected chi connectivity index (χ1v) is 13.7. The highest BCUT2D eigenvalue weighted by atomic mass is 35.5. The number of piperidine rings is 1. The van der Waals surface area contributed by atoms with Gasteiger partial charge in [-0.2, -0.15) is 4.98 Å². The summed E-state index contributed by atoms with van der Waals surface area (Å²) < 4.78 is 61.7. The van der Waals surface area contributed by atoms with E-state index in [1.165, 1.54) is 18.6 Å². The molecule has 200 valence electrons. The van der Waals surface area contributed by atoms with Gasteiger partial charge < -0.3 is 14.5 Å². The quantitative estimate of drug-likeness (QED) is 0.444. The highest BCUT2D eigenvalue weighted by Crippen LogP contribution is 2.40. The molecule has 1 unspecified atom stereocenters. The summed E-state index contributed by atoms with van der Waals surface area (Å²) in [5.74, 6) is -1.64. The van der Waals surface area contributed by atoms with Crippen LogP contribution >= 0.6 is 11.6 Å². The van der Waals surface area contributed by atoms with Crippen LogP contribution in [0.25, 0.3) is 6.08 Å². The van der Waals surface area contributed by atoms with E-state index >= 15 is 0 Å². The van der Waals surface area contributed by atoms with E-state index in [1.807, 2.05) is 24.1 Å². The number of anilines is 2. The molecule has 1 fully saturated rings. The lowest BCUT2D eigenvalue weighted by molar-refractivity contribution is 0.110. The van der Waals surface area contributed by atoms with Crippen LogP contribution in [0.3, 0.4) is 0 Å². The first-order valence-electron chi connectivity index (χ1n) is 11.9. The molecule has 4 heterocycles. The predicted molar refractivity (Wildman–Crippen MR) is 140 cm³/mol. The van der Waals surface area contributed by atoms with Gasteiger partial charge in [-0.15, -0.1) is 0 Å². The van der Waals surface area contributed by atoms with Crippen molar-refractivity contribution in [1.82, 2.24) is 19.9 Å². The normalized spacial score (nSPS) is 18.3. The molecule has 5 rings (SSSR count). The maximum absolute atomic E-state index is 14.2. The number of sulfonamides is 1. The molecule has 0 bridgehead atoms. The highest BCUT2D eigenvalue weighted by molar-refractivity contribution is 7.92. The molecule has 0 saturated carbocycles. The number of nitrogens with zero attached hydrogens (tertiary/aromatic N) is 5. The van der Waals surface area contributed by atoms with E-state index in [4.69, 9.17) is 16.3 Å². The van der Waals surface area contributed by atoms with Crippen LogP contribution in [0, 0.1) is 11.6 Å². The molecule has 1 atom stereocenters. The predicted octanol–water partition coefficient (Wildman–Crippen LogP) is 4.28. The highest BCUT2D eigenvalue weighted by Gasteiger charge is 2.29. The molecule has 1 N–H and O–H groups in total. The number of benzene rings is 1. The standard InChI is InChI=1S/C25H25ClF2N6O3S/c1-33-9-7-17(8-10-33)37-25-23-19(30-14-31-25)4-5-21(34(23)2)15-11-20(24(26)29-13-15)32-38(35,36)22-6-3-16(27)12-18(22)28/h3-6,11-14,17,21,32H,7-10H2,1-2H3. The molecule has 0 aliphatic carbocycles. The lowest BCUT2D eigenvalue weighted by Gasteiger charge is -2.34. The average molecular weight is 563 g/mol. The third kappa shape index (κ3) is 5.29. The average Bonchev–Trinajstić information content (AvgIpc) is 2.87. The summed E-state index contributed by atoms with van der Waals surface area (Å²) in [6.07, 6.45) is 8.53. The molecule has 1 saturated heterocycles. The number of rotatable bonds is 6. The summed E-state index contributed by atoms with van der Waals surface area (Å²) in [4.78, 5) is 16.4. The second kappa shape index (κ2) is 10.4. The van der Waals surface area contributed by atoms with E-state index in [9.17, 15) is 17.2 Å². The van der Waals surface area contributed by atoms with Crippen LogP contribution in [0.1, 0.15) is 30.1 Å². The summed E-state index contributed by atoms with van der Waals surface area (Å²) in [5.41, 5.74) is 1.94. The van der Waals surface area contributed by atoms with Crippen molar-refractivity contribution in [3.05, 3.63) is 70.9 Å². The summed E-state index contributed by atoms with van der Waals surface area (Å²) in [7, 11) is -0.480. The molecule has 38 heavy (non-hydrogen) atoms. The Morgan fingerprint density at radius 1 is 1.11 bits per heavy atom. The number of halogens is 3. The first-order chi connectivity index (χ1) is 18.1. The smallest absolute Gasteiger partial charge is 0.264 e. The largest absolute Gasteiger partial charge is 0.473 e. The SMILES string of the molecule is CN1CCC(Oc2ncnc3c2N(C)C(c2cnc(Cl)c(NS(=O)(=O)c4ccc(F)cc4F)c2)C=C3)CC1. The molecule has 2 aliphatic heterocycles. The van der Waals surface area contributed by atoms with Crippen LogP contribution < -0.4 is 14.4 Å². The number of ether oxygens (including phenoxy) is 1. The molecule has 0 amide bonds. The van der Waals surface area contributed by atoms with Crippen molar-refractivity contribution in [2.75, 3.05) is 36.8 Å². The van der Waals surface area contributed by atoms with Crippen molar-refractivity contribution in [2.45, 2.75) is 29.9 Å². The summed E-state index contributed by atoms with van der Waals surface area (Å²) in [5, 5.41) is -0.127. The number of aromatic nitrogens is 3. The Morgan fingerprint density at radius 2 is 1.87 bits per heavy atom. The van der Waals surface area contributed by atoms with Gasteiger partial charge in [0.25, 0.3) is 10.0 Å². The van der Waals surface area contributed by atoms with Gasteiger partial charge in [-0.3, -0.25) is 4.72 Å². The number of pyridine rings is 1. The monoisotopic (exact) mass is 562 g/mol. The number of hydrogen-bond donors (Lipinski definition) is 1. The Morgan fingerprint density at radius 3 is 2.61 bits per heavy atom. The molecule has 2 aromatic heterocycles. The number of hydrogen-bond acceptors (Lipinski definition) is 8. The minimum Gasteiger partial charge on any atom is -0.473 e. The molecule has 9 nitrogen and oxygen atoms in total. The second-order valence-corrected chi connectivity index (χ2v) is 11.2. The van der Waals surface area contributed by atoms with Crippen LogP contribution in [-0.2, 0) is 10.0 Å². The van der Waals surface area contributed by atoms with E-state index in [0.717, 1.165) is 38.1 Å². The fourth-order valence-electron chi connectivity index (χ4n) is 4.55. The molecule has 0 spiro atoms. The van der Waals surface area contributed by atoms with E-state index < -0.39 is 26.6 Å². The van der Waals surface area contributed by atoms with Gasteiger partial charge in [0, 0.05) is 32.4 Å². The number of fused-ring (bicyclic) bond motifs is 1. The van der Waals surface area contributed by atoms with Crippen LogP contribution in [0.2, 0.25) is 5.15 Å². The Balaban J connectivity index is 1.42.